The predicted octanol–water partition coefficient (Wildman–Crippen LogP) is -0.427. The molecule has 0 bridgehead atoms. The van der Waals surface area contributed by atoms with Crippen LogP contribution in [-0.2, 0) is 22.6 Å². The quantitative estimate of drug-likeness (QED) is 0.719. The van der Waals surface area contributed by atoms with Crippen molar-refractivity contribution in [2.75, 3.05) is 40.0 Å². The molecule has 2 rings (SSSR count). The maximum absolute atomic E-state index is 5.29. The number of hydrogen-bond donors (Lipinski definition) is 0. The van der Waals surface area contributed by atoms with Crippen LogP contribution in [0.5, 0.6) is 0 Å². The minimum atomic E-state index is 0. The lowest BCUT2D eigenvalue weighted by molar-refractivity contribution is 0.0322. The Morgan fingerprint density at radius 1 is 1.35 bits per heavy atom. The minimum absolute atomic E-state index is 0. The largest absolute Gasteiger partial charge is 0.383 e. The van der Waals surface area contributed by atoms with Crippen LogP contribution in [0, 0.1) is 0 Å². The molecule has 8 heteroatoms. The molecule has 0 aromatic carbocycles. The van der Waals surface area contributed by atoms with Crippen molar-refractivity contribution < 1.29 is 9.47 Å². The second-order valence-electron chi connectivity index (χ2n) is 3.70. The molecule has 1 aromatic heterocycles. The first-order valence-corrected chi connectivity index (χ1v) is 5.44. The fourth-order valence-corrected chi connectivity index (χ4v) is 1.65. The fourth-order valence-electron chi connectivity index (χ4n) is 1.65. The molecular formula is C9H18ClN5O2. The maximum Gasteiger partial charge on any atom is 0.165 e. The standard InChI is InChI=1S/C9H17N5O2.ClH/c1-15-5-4-14-9(10-11-12-14)8-13-2-6-16-7-3-13;/h2-8H2,1H3;1H. The van der Waals surface area contributed by atoms with Crippen molar-refractivity contribution in [1.29, 1.82) is 0 Å². The van der Waals surface area contributed by atoms with Gasteiger partial charge in [0.25, 0.3) is 0 Å². The predicted molar refractivity (Wildman–Crippen MR) is 63.0 cm³/mol. The van der Waals surface area contributed by atoms with Gasteiger partial charge in [-0.3, -0.25) is 4.90 Å². The number of halogens is 1. The van der Waals surface area contributed by atoms with E-state index in [0.29, 0.717) is 13.2 Å². The first kappa shape index (κ1) is 14.3. The van der Waals surface area contributed by atoms with E-state index < -0.39 is 0 Å². The van der Waals surface area contributed by atoms with Gasteiger partial charge in [-0.1, -0.05) is 0 Å². The molecule has 0 radical (unpaired) electrons. The first-order chi connectivity index (χ1) is 7.90. The molecule has 1 aliphatic heterocycles. The number of rotatable bonds is 5. The highest BCUT2D eigenvalue weighted by molar-refractivity contribution is 5.85. The molecule has 7 nitrogen and oxygen atoms in total. The topological polar surface area (TPSA) is 65.3 Å². The van der Waals surface area contributed by atoms with Crippen LogP contribution in [0.3, 0.4) is 0 Å². The number of tetrazole rings is 1. The first-order valence-electron chi connectivity index (χ1n) is 5.44. The highest BCUT2D eigenvalue weighted by atomic mass is 35.5. The highest BCUT2D eigenvalue weighted by Crippen LogP contribution is 2.03. The third-order valence-electron chi connectivity index (χ3n) is 2.58. The lowest BCUT2D eigenvalue weighted by Gasteiger charge is -2.25. The summed E-state index contributed by atoms with van der Waals surface area (Å²) in [7, 11) is 1.67. The maximum atomic E-state index is 5.29. The van der Waals surface area contributed by atoms with E-state index in [1.807, 2.05) is 0 Å². The van der Waals surface area contributed by atoms with Crippen LogP contribution in [0.25, 0.3) is 0 Å². The average molecular weight is 264 g/mol. The van der Waals surface area contributed by atoms with Gasteiger partial charge in [0.15, 0.2) is 5.82 Å². The Balaban J connectivity index is 0.00000144. The van der Waals surface area contributed by atoms with E-state index in [2.05, 4.69) is 20.4 Å². The normalized spacial score (nSPS) is 16.8. The SMILES string of the molecule is COCCn1nnnc1CN1CCOCC1.Cl. The molecular weight excluding hydrogens is 246 g/mol. The summed E-state index contributed by atoms with van der Waals surface area (Å²) in [4.78, 5) is 2.29. The molecule has 0 unspecified atom stereocenters. The van der Waals surface area contributed by atoms with Crippen LogP contribution in [0.15, 0.2) is 0 Å². The zero-order valence-electron chi connectivity index (χ0n) is 9.91. The van der Waals surface area contributed by atoms with Gasteiger partial charge in [-0.05, 0) is 10.4 Å². The Hall–Kier alpha value is -0.760. The van der Waals surface area contributed by atoms with Crippen molar-refractivity contribution in [1.82, 2.24) is 25.1 Å². The summed E-state index contributed by atoms with van der Waals surface area (Å²) in [6.45, 7) is 5.57. The smallest absolute Gasteiger partial charge is 0.165 e. The summed E-state index contributed by atoms with van der Waals surface area (Å²) in [5.41, 5.74) is 0. The van der Waals surface area contributed by atoms with Crippen molar-refractivity contribution in [2.45, 2.75) is 13.1 Å². The molecule has 1 aromatic rings. The number of hydrogen-bond acceptors (Lipinski definition) is 6. The van der Waals surface area contributed by atoms with Crippen molar-refractivity contribution in [3.63, 3.8) is 0 Å². The third-order valence-corrected chi connectivity index (χ3v) is 2.58. The molecule has 0 atom stereocenters. The van der Waals surface area contributed by atoms with Crippen LogP contribution in [-0.4, -0.2) is 65.1 Å². The summed E-state index contributed by atoms with van der Waals surface area (Å²) in [6, 6.07) is 0. The van der Waals surface area contributed by atoms with E-state index in [1.54, 1.807) is 11.8 Å². The average Bonchev–Trinajstić information content (AvgIpc) is 2.75. The van der Waals surface area contributed by atoms with E-state index in [9.17, 15) is 0 Å². The molecule has 0 spiro atoms. The van der Waals surface area contributed by atoms with Crippen LogP contribution in [0.1, 0.15) is 5.82 Å². The van der Waals surface area contributed by atoms with E-state index in [1.165, 1.54) is 0 Å². The van der Waals surface area contributed by atoms with Gasteiger partial charge in [-0.25, -0.2) is 4.68 Å². The molecule has 0 amide bonds. The van der Waals surface area contributed by atoms with Crippen LogP contribution in [0.2, 0.25) is 0 Å². The van der Waals surface area contributed by atoms with E-state index in [4.69, 9.17) is 9.47 Å². The van der Waals surface area contributed by atoms with Gasteiger partial charge in [0.2, 0.25) is 0 Å². The third kappa shape index (κ3) is 4.19. The molecule has 1 fully saturated rings. The lowest BCUT2D eigenvalue weighted by Crippen LogP contribution is -2.36. The zero-order chi connectivity index (χ0) is 11.2. The van der Waals surface area contributed by atoms with Gasteiger partial charge in [-0.15, -0.1) is 17.5 Å². The van der Waals surface area contributed by atoms with Gasteiger partial charge < -0.3 is 9.47 Å². The monoisotopic (exact) mass is 263 g/mol. The summed E-state index contributed by atoms with van der Waals surface area (Å²) in [6.07, 6.45) is 0. The molecule has 1 saturated heterocycles. The Morgan fingerprint density at radius 3 is 2.82 bits per heavy atom. The molecule has 17 heavy (non-hydrogen) atoms. The summed E-state index contributed by atoms with van der Waals surface area (Å²) in [5, 5.41) is 11.7. The second kappa shape index (κ2) is 7.54. The van der Waals surface area contributed by atoms with Crippen LogP contribution in [0.4, 0.5) is 0 Å². The Bertz CT molecular complexity index is 316. The van der Waals surface area contributed by atoms with Gasteiger partial charge in [0, 0.05) is 20.2 Å². The zero-order valence-corrected chi connectivity index (χ0v) is 10.7. The van der Waals surface area contributed by atoms with E-state index in [0.717, 1.165) is 38.7 Å². The number of methoxy groups -OCH3 is 1. The Labute approximate surface area is 106 Å². The van der Waals surface area contributed by atoms with Crippen molar-refractivity contribution in [3.8, 4) is 0 Å². The van der Waals surface area contributed by atoms with Gasteiger partial charge in [0.1, 0.15) is 0 Å². The minimum Gasteiger partial charge on any atom is -0.383 e. The molecule has 0 N–H and O–H groups in total. The van der Waals surface area contributed by atoms with Gasteiger partial charge in [0.05, 0.1) is 32.9 Å². The number of ether oxygens (including phenoxy) is 2. The number of aromatic nitrogens is 4. The van der Waals surface area contributed by atoms with E-state index >= 15 is 0 Å². The molecule has 2 heterocycles. The number of nitrogens with zero attached hydrogens (tertiary/aromatic N) is 5. The Morgan fingerprint density at radius 2 is 2.12 bits per heavy atom. The van der Waals surface area contributed by atoms with Crippen molar-refractivity contribution in [2.24, 2.45) is 0 Å². The molecule has 1 aliphatic rings. The van der Waals surface area contributed by atoms with Gasteiger partial charge in [-0.2, -0.15) is 0 Å². The molecule has 0 saturated carbocycles. The van der Waals surface area contributed by atoms with Crippen LogP contribution < -0.4 is 0 Å². The second-order valence-corrected chi connectivity index (χ2v) is 3.70. The van der Waals surface area contributed by atoms with Crippen molar-refractivity contribution in [3.05, 3.63) is 5.82 Å². The van der Waals surface area contributed by atoms with Crippen LogP contribution >= 0.6 is 12.4 Å². The Kier molecular flexibility index (Phi) is 6.35. The summed E-state index contributed by atoms with van der Waals surface area (Å²) < 4.78 is 12.1. The highest BCUT2D eigenvalue weighted by Gasteiger charge is 2.14. The molecule has 98 valence electrons. The lowest BCUT2D eigenvalue weighted by atomic mass is 10.4. The molecule has 0 aliphatic carbocycles. The van der Waals surface area contributed by atoms with Gasteiger partial charge >= 0.3 is 0 Å². The summed E-state index contributed by atoms with van der Waals surface area (Å²) >= 11 is 0. The fraction of sp³-hybridized carbons (Fsp3) is 0.889. The number of morpholine rings is 1. The van der Waals surface area contributed by atoms with E-state index in [-0.39, 0.29) is 12.4 Å². The van der Waals surface area contributed by atoms with Crippen molar-refractivity contribution >= 4 is 12.4 Å². The summed E-state index contributed by atoms with van der Waals surface area (Å²) in [5.74, 6) is 0.888.